The van der Waals surface area contributed by atoms with E-state index in [1.165, 1.54) is 0 Å². The van der Waals surface area contributed by atoms with Gasteiger partial charge in [0, 0.05) is 39.4 Å². The molecule has 0 aromatic carbocycles. The normalized spacial score (nSPS) is 23.3. The number of aryl methyl sites for hydroxylation is 1. The van der Waals surface area contributed by atoms with Crippen molar-refractivity contribution in [1.29, 1.82) is 0 Å². The van der Waals surface area contributed by atoms with E-state index in [0.717, 1.165) is 0 Å². The average Bonchev–Trinajstić information content (AvgIpc) is 2.78. The van der Waals surface area contributed by atoms with Gasteiger partial charge < -0.3 is 19.5 Å². The van der Waals surface area contributed by atoms with E-state index in [9.17, 15) is 9.90 Å². The third-order valence-electron chi connectivity index (χ3n) is 4.36. The van der Waals surface area contributed by atoms with E-state index in [-0.39, 0.29) is 6.09 Å². The molecular weight excluding hydrogens is 298 g/mol. The molecule has 1 spiro atoms. The van der Waals surface area contributed by atoms with Crippen LogP contribution >= 0.6 is 0 Å². The number of amides is 1. The number of nitrogens with zero attached hydrogens (tertiary/aromatic N) is 3. The number of piperidine rings is 1. The molecule has 1 amide bonds. The van der Waals surface area contributed by atoms with Gasteiger partial charge >= 0.3 is 6.09 Å². The van der Waals surface area contributed by atoms with E-state index < -0.39 is 17.3 Å². The first-order valence-electron chi connectivity index (χ1n) is 8.06. The van der Waals surface area contributed by atoms with Gasteiger partial charge in [-0.15, -0.1) is 0 Å². The van der Waals surface area contributed by atoms with Crippen molar-refractivity contribution in [2.75, 3.05) is 13.1 Å². The summed E-state index contributed by atoms with van der Waals surface area (Å²) in [5, 5.41) is 14.6. The maximum atomic E-state index is 12.2. The fourth-order valence-corrected chi connectivity index (χ4v) is 3.25. The molecule has 1 aromatic rings. The largest absolute Gasteiger partial charge is 0.483 e. The Balaban J connectivity index is 1.66. The summed E-state index contributed by atoms with van der Waals surface area (Å²) < 4.78 is 13.2. The van der Waals surface area contributed by atoms with E-state index in [0.29, 0.717) is 43.8 Å². The minimum absolute atomic E-state index is 0.286. The number of rotatable bonds is 0. The van der Waals surface area contributed by atoms with Crippen molar-refractivity contribution in [3.8, 4) is 5.75 Å². The number of aliphatic hydroxyl groups excluding tert-OH is 1. The first-order chi connectivity index (χ1) is 10.7. The molecule has 1 fully saturated rings. The summed E-state index contributed by atoms with van der Waals surface area (Å²) in [5.41, 5.74) is -0.310. The minimum atomic E-state index is -0.618. The SMILES string of the molecule is Cn1cc2c(n1)C(O)CC1(CCN(C(=O)OC(C)(C)C)CC1)O2. The van der Waals surface area contributed by atoms with Crippen molar-refractivity contribution in [3.63, 3.8) is 0 Å². The van der Waals surface area contributed by atoms with Crippen LogP contribution in [-0.4, -0.2) is 50.2 Å². The molecule has 23 heavy (non-hydrogen) atoms. The molecule has 3 heterocycles. The van der Waals surface area contributed by atoms with E-state index in [4.69, 9.17) is 9.47 Å². The van der Waals surface area contributed by atoms with Crippen molar-refractivity contribution >= 4 is 6.09 Å². The first kappa shape index (κ1) is 16.1. The lowest BCUT2D eigenvalue weighted by Gasteiger charge is -2.44. The third-order valence-corrected chi connectivity index (χ3v) is 4.36. The van der Waals surface area contributed by atoms with E-state index in [1.54, 1.807) is 15.8 Å². The van der Waals surface area contributed by atoms with Crippen molar-refractivity contribution in [3.05, 3.63) is 11.9 Å². The second-order valence-electron chi connectivity index (χ2n) is 7.52. The number of aromatic nitrogens is 2. The topological polar surface area (TPSA) is 76.8 Å². The van der Waals surface area contributed by atoms with Gasteiger partial charge in [-0.25, -0.2) is 4.79 Å². The number of carbonyl (C=O) groups excluding carboxylic acids is 1. The van der Waals surface area contributed by atoms with Crippen LogP contribution in [0.25, 0.3) is 0 Å². The van der Waals surface area contributed by atoms with Gasteiger partial charge in [0.2, 0.25) is 0 Å². The zero-order valence-electron chi connectivity index (χ0n) is 14.2. The van der Waals surface area contributed by atoms with E-state index in [1.807, 2.05) is 27.8 Å². The Hall–Kier alpha value is -1.76. The molecule has 7 nitrogen and oxygen atoms in total. The molecule has 1 N–H and O–H groups in total. The summed E-state index contributed by atoms with van der Waals surface area (Å²) in [6.07, 6.45) is 2.76. The van der Waals surface area contributed by atoms with Crippen LogP contribution < -0.4 is 4.74 Å². The molecule has 1 aromatic heterocycles. The molecule has 7 heteroatoms. The molecule has 0 saturated carbocycles. The van der Waals surface area contributed by atoms with Crippen LogP contribution in [0.5, 0.6) is 5.75 Å². The highest BCUT2D eigenvalue weighted by molar-refractivity contribution is 5.68. The van der Waals surface area contributed by atoms with E-state index in [2.05, 4.69) is 5.10 Å². The van der Waals surface area contributed by atoms with Gasteiger partial charge in [0.05, 0.1) is 6.20 Å². The summed E-state index contributed by atoms with van der Waals surface area (Å²) in [4.78, 5) is 13.9. The van der Waals surface area contributed by atoms with Crippen molar-refractivity contribution in [2.24, 2.45) is 7.05 Å². The number of hydrogen-bond acceptors (Lipinski definition) is 5. The highest BCUT2D eigenvalue weighted by atomic mass is 16.6. The number of likely N-dealkylation sites (tertiary alicyclic amines) is 1. The summed E-state index contributed by atoms with van der Waals surface area (Å²) in [5.74, 6) is 0.650. The number of carbonyl (C=O) groups is 1. The average molecular weight is 323 g/mol. The predicted octanol–water partition coefficient (Wildman–Crippen LogP) is 2.01. The Kier molecular flexibility index (Phi) is 3.78. The Labute approximate surface area is 136 Å². The summed E-state index contributed by atoms with van der Waals surface area (Å²) >= 11 is 0. The van der Waals surface area contributed by atoms with Gasteiger partial charge in [-0.3, -0.25) is 4.68 Å². The molecule has 0 radical (unpaired) electrons. The maximum Gasteiger partial charge on any atom is 0.410 e. The van der Waals surface area contributed by atoms with Crippen LogP contribution in [0.4, 0.5) is 4.79 Å². The van der Waals surface area contributed by atoms with Crippen molar-refractivity contribution in [1.82, 2.24) is 14.7 Å². The highest BCUT2D eigenvalue weighted by Gasteiger charge is 2.45. The fraction of sp³-hybridized carbons (Fsp3) is 0.750. The van der Waals surface area contributed by atoms with E-state index >= 15 is 0 Å². The fourth-order valence-electron chi connectivity index (χ4n) is 3.25. The molecule has 1 unspecified atom stereocenters. The highest BCUT2D eigenvalue weighted by Crippen LogP contribution is 2.43. The zero-order valence-corrected chi connectivity index (χ0v) is 14.2. The molecule has 2 aliphatic rings. The van der Waals surface area contributed by atoms with Gasteiger partial charge in [-0.05, 0) is 20.8 Å². The van der Waals surface area contributed by atoms with Crippen LogP contribution in [0, 0.1) is 0 Å². The standard InChI is InChI=1S/C16H25N3O4/c1-15(2,3)23-14(21)19-7-5-16(6-8-19)9-11(20)13-12(22-16)10-18(4)17-13/h10-11,20H,5-9H2,1-4H3. The molecule has 1 saturated heterocycles. The number of ether oxygens (including phenoxy) is 2. The Morgan fingerprint density at radius 2 is 2.09 bits per heavy atom. The second-order valence-corrected chi connectivity index (χ2v) is 7.52. The lowest BCUT2D eigenvalue weighted by molar-refractivity contribution is -0.0576. The number of hydrogen-bond donors (Lipinski definition) is 1. The molecule has 128 valence electrons. The summed E-state index contributed by atoms with van der Waals surface area (Å²) in [6, 6.07) is 0. The molecule has 3 rings (SSSR count). The van der Waals surface area contributed by atoms with Crippen LogP contribution in [0.1, 0.15) is 51.8 Å². The summed E-state index contributed by atoms with van der Waals surface area (Å²) in [6.45, 7) is 6.72. The lowest BCUT2D eigenvalue weighted by Crippen LogP contribution is -2.52. The van der Waals surface area contributed by atoms with Crippen molar-refractivity contribution < 1.29 is 19.4 Å². The van der Waals surface area contributed by atoms with Gasteiger partial charge in [0.25, 0.3) is 0 Å². The van der Waals surface area contributed by atoms with Gasteiger partial charge in [0.15, 0.2) is 5.75 Å². The van der Waals surface area contributed by atoms with Gasteiger partial charge in [-0.2, -0.15) is 5.10 Å². The predicted molar refractivity (Wildman–Crippen MR) is 83.2 cm³/mol. The molecule has 0 aliphatic carbocycles. The molecule has 1 atom stereocenters. The van der Waals surface area contributed by atoms with Crippen LogP contribution in [0.3, 0.4) is 0 Å². The maximum absolute atomic E-state index is 12.2. The van der Waals surface area contributed by atoms with Crippen LogP contribution in [-0.2, 0) is 11.8 Å². The molecule has 0 bridgehead atoms. The minimum Gasteiger partial charge on any atom is -0.483 e. The zero-order chi connectivity index (χ0) is 16.8. The number of aliphatic hydroxyl groups is 1. The Bertz CT molecular complexity index is 597. The third kappa shape index (κ3) is 3.29. The second kappa shape index (κ2) is 5.40. The van der Waals surface area contributed by atoms with Crippen LogP contribution in [0.2, 0.25) is 0 Å². The molecular formula is C16H25N3O4. The van der Waals surface area contributed by atoms with Gasteiger partial charge in [0.1, 0.15) is 23.0 Å². The summed E-state index contributed by atoms with van der Waals surface area (Å²) in [7, 11) is 1.81. The Morgan fingerprint density at radius 3 is 2.70 bits per heavy atom. The lowest BCUT2D eigenvalue weighted by atomic mass is 9.83. The smallest absolute Gasteiger partial charge is 0.410 e. The first-order valence-corrected chi connectivity index (χ1v) is 8.06. The Morgan fingerprint density at radius 1 is 1.43 bits per heavy atom. The quantitative estimate of drug-likeness (QED) is 0.790. The van der Waals surface area contributed by atoms with Gasteiger partial charge in [-0.1, -0.05) is 0 Å². The number of fused-ring (bicyclic) bond motifs is 1. The monoisotopic (exact) mass is 323 g/mol. The van der Waals surface area contributed by atoms with Crippen LogP contribution in [0.15, 0.2) is 6.20 Å². The van der Waals surface area contributed by atoms with Crippen molar-refractivity contribution in [2.45, 2.75) is 57.3 Å². The molecule has 2 aliphatic heterocycles.